The van der Waals surface area contributed by atoms with Crippen molar-refractivity contribution in [3.8, 4) is 11.5 Å². The predicted octanol–water partition coefficient (Wildman–Crippen LogP) is 3.38. The Morgan fingerprint density at radius 3 is 2.54 bits per heavy atom. The lowest BCUT2D eigenvalue weighted by atomic mass is 10.2. The molecule has 0 unspecified atom stereocenters. The van der Waals surface area contributed by atoms with Crippen LogP contribution >= 0.6 is 11.6 Å². The topological polar surface area (TPSA) is 76.7 Å². The third kappa shape index (κ3) is 3.60. The van der Waals surface area contributed by atoms with Gasteiger partial charge in [0.1, 0.15) is 13.2 Å². The van der Waals surface area contributed by atoms with E-state index in [-0.39, 0.29) is 0 Å². The summed E-state index contributed by atoms with van der Waals surface area (Å²) < 4.78 is 10.8. The van der Waals surface area contributed by atoms with Gasteiger partial charge in [-0.15, -0.1) is 0 Å². The molecule has 7 heteroatoms. The molecule has 1 aliphatic rings. The van der Waals surface area contributed by atoms with Gasteiger partial charge in [-0.05, 0) is 42.8 Å². The van der Waals surface area contributed by atoms with E-state index in [4.69, 9.17) is 21.1 Å². The fourth-order valence-electron chi connectivity index (χ4n) is 2.19. The lowest BCUT2D eigenvalue weighted by Gasteiger charge is -2.18. The Hall–Kier alpha value is -2.73. The maximum Gasteiger partial charge on any atom is 0.326 e. The Kier molecular flexibility index (Phi) is 4.57. The SMILES string of the molecule is Cc1ccc(NC(=O)NC(=O)c2ccc3c(c2)OCCO3)cc1Cl. The summed E-state index contributed by atoms with van der Waals surface area (Å²) in [6.07, 6.45) is 0. The molecular weight excluding hydrogens is 332 g/mol. The number of carbonyl (C=O) groups excluding carboxylic acids is 2. The van der Waals surface area contributed by atoms with Crippen LogP contribution in [0.1, 0.15) is 15.9 Å². The lowest BCUT2D eigenvalue weighted by molar-refractivity contribution is 0.0966. The normalized spacial score (nSPS) is 12.4. The largest absolute Gasteiger partial charge is 0.486 e. The highest BCUT2D eigenvalue weighted by Gasteiger charge is 2.16. The summed E-state index contributed by atoms with van der Waals surface area (Å²) in [4.78, 5) is 24.1. The monoisotopic (exact) mass is 346 g/mol. The van der Waals surface area contributed by atoms with E-state index in [2.05, 4.69) is 10.6 Å². The van der Waals surface area contributed by atoms with Gasteiger partial charge in [-0.25, -0.2) is 4.79 Å². The van der Waals surface area contributed by atoms with Crippen LogP contribution in [-0.4, -0.2) is 25.2 Å². The third-order valence-electron chi connectivity index (χ3n) is 3.46. The van der Waals surface area contributed by atoms with Crippen molar-refractivity contribution < 1.29 is 19.1 Å². The van der Waals surface area contributed by atoms with E-state index in [1.54, 1.807) is 36.4 Å². The number of rotatable bonds is 2. The molecule has 6 nitrogen and oxygen atoms in total. The van der Waals surface area contributed by atoms with E-state index >= 15 is 0 Å². The van der Waals surface area contributed by atoms with Gasteiger partial charge in [0.15, 0.2) is 11.5 Å². The first-order chi connectivity index (χ1) is 11.5. The highest BCUT2D eigenvalue weighted by Crippen LogP contribution is 2.30. The zero-order valence-corrected chi connectivity index (χ0v) is 13.6. The number of carbonyl (C=O) groups is 2. The molecule has 0 saturated carbocycles. The molecule has 1 heterocycles. The molecular formula is C17H15ClN2O4. The Bertz CT molecular complexity index is 807. The predicted molar refractivity (Wildman–Crippen MR) is 90.1 cm³/mol. The van der Waals surface area contributed by atoms with Crippen molar-refractivity contribution in [1.82, 2.24) is 5.32 Å². The molecule has 0 atom stereocenters. The summed E-state index contributed by atoms with van der Waals surface area (Å²) in [7, 11) is 0. The number of amides is 3. The van der Waals surface area contributed by atoms with Crippen LogP contribution < -0.4 is 20.1 Å². The van der Waals surface area contributed by atoms with Crippen LogP contribution in [0, 0.1) is 6.92 Å². The van der Waals surface area contributed by atoms with Crippen molar-refractivity contribution >= 4 is 29.2 Å². The molecule has 2 N–H and O–H groups in total. The number of benzene rings is 2. The van der Waals surface area contributed by atoms with Crippen molar-refractivity contribution in [3.05, 3.63) is 52.5 Å². The zero-order chi connectivity index (χ0) is 17.1. The molecule has 0 bridgehead atoms. The smallest absolute Gasteiger partial charge is 0.326 e. The minimum Gasteiger partial charge on any atom is -0.486 e. The summed E-state index contributed by atoms with van der Waals surface area (Å²) in [5, 5.41) is 5.35. The lowest BCUT2D eigenvalue weighted by Crippen LogP contribution is -2.34. The first-order valence-electron chi connectivity index (χ1n) is 7.31. The van der Waals surface area contributed by atoms with Crippen LogP contribution in [0.4, 0.5) is 10.5 Å². The number of aryl methyl sites for hydroxylation is 1. The molecule has 0 radical (unpaired) electrons. The van der Waals surface area contributed by atoms with Gasteiger partial charge >= 0.3 is 6.03 Å². The molecule has 2 aromatic rings. The van der Waals surface area contributed by atoms with Crippen LogP contribution in [0.3, 0.4) is 0 Å². The van der Waals surface area contributed by atoms with Crippen LogP contribution in [0.25, 0.3) is 0 Å². The second-order valence-corrected chi connectivity index (χ2v) is 5.64. The summed E-state index contributed by atoms with van der Waals surface area (Å²) in [5.74, 6) is 0.527. The highest BCUT2D eigenvalue weighted by molar-refractivity contribution is 6.31. The molecule has 2 aromatic carbocycles. The quantitative estimate of drug-likeness (QED) is 0.874. The maximum absolute atomic E-state index is 12.2. The van der Waals surface area contributed by atoms with Gasteiger partial charge in [0.2, 0.25) is 0 Å². The van der Waals surface area contributed by atoms with Gasteiger partial charge in [-0.2, -0.15) is 0 Å². The van der Waals surface area contributed by atoms with Crippen LogP contribution in [-0.2, 0) is 0 Å². The van der Waals surface area contributed by atoms with Gasteiger partial charge in [0.25, 0.3) is 5.91 Å². The fraction of sp³-hybridized carbons (Fsp3) is 0.176. The molecule has 1 aliphatic heterocycles. The number of ether oxygens (including phenoxy) is 2. The average molecular weight is 347 g/mol. The summed E-state index contributed by atoms with van der Waals surface area (Å²) in [6.45, 7) is 2.75. The van der Waals surface area contributed by atoms with Crippen LogP contribution in [0.5, 0.6) is 11.5 Å². The molecule has 0 spiro atoms. The summed E-state index contributed by atoms with van der Waals surface area (Å²) >= 11 is 6.00. The maximum atomic E-state index is 12.2. The Morgan fingerprint density at radius 1 is 1.04 bits per heavy atom. The van der Waals surface area contributed by atoms with Crippen molar-refractivity contribution in [2.24, 2.45) is 0 Å². The number of hydrogen-bond acceptors (Lipinski definition) is 4. The van der Waals surface area contributed by atoms with E-state index in [1.807, 2.05) is 6.92 Å². The molecule has 24 heavy (non-hydrogen) atoms. The van der Waals surface area contributed by atoms with Crippen LogP contribution in [0.15, 0.2) is 36.4 Å². The van der Waals surface area contributed by atoms with E-state index in [0.29, 0.717) is 41.0 Å². The van der Waals surface area contributed by atoms with E-state index in [0.717, 1.165) is 5.56 Å². The summed E-state index contributed by atoms with van der Waals surface area (Å²) in [6, 6.07) is 9.20. The second kappa shape index (κ2) is 6.80. The Labute approximate surface area is 143 Å². The molecule has 3 amide bonds. The van der Waals surface area contributed by atoms with Gasteiger partial charge in [0, 0.05) is 16.3 Å². The Morgan fingerprint density at radius 2 is 1.79 bits per heavy atom. The van der Waals surface area contributed by atoms with Crippen molar-refractivity contribution in [1.29, 1.82) is 0 Å². The molecule has 0 saturated heterocycles. The fourth-order valence-corrected chi connectivity index (χ4v) is 2.37. The van der Waals surface area contributed by atoms with E-state index < -0.39 is 11.9 Å². The number of fused-ring (bicyclic) bond motifs is 1. The van der Waals surface area contributed by atoms with Gasteiger partial charge in [-0.3, -0.25) is 10.1 Å². The van der Waals surface area contributed by atoms with Gasteiger partial charge in [0.05, 0.1) is 0 Å². The molecule has 124 valence electrons. The van der Waals surface area contributed by atoms with Crippen LogP contribution in [0.2, 0.25) is 5.02 Å². The number of halogens is 1. The highest BCUT2D eigenvalue weighted by atomic mass is 35.5. The molecule has 0 fully saturated rings. The molecule has 3 rings (SSSR count). The van der Waals surface area contributed by atoms with Gasteiger partial charge < -0.3 is 14.8 Å². The molecule has 0 aliphatic carbocycles. The van der Waals surface area contributed by atoms with E-state index in [1.165, 1.54) is 0 Å². The first kappa shape index (κ1) is 16.1. The van der Waals surface area contributed by atoms with Crippen molar-refractivity contribution in [2.45, 2.75) is 6.92 Å². The number of hydrogen-bond donors (Lipinski definition) is 2. The van der Waals surface area contributed by atoms with Crippen molar-refractivity contribution in [3.63, 3.8) is 0 Å². The Balaban J connectivity index is 1.65. The van der Waals surface area contributed by atoms with Crippen molar-refractivity contribution in [2.75, 3.05) is 18.5 Å². The first-order valence-corrected chi connectivity index (χ1v) is 7.69. The standard InChI is InChI=1S/C17H15ClN2O4/c1-10-2-4-12(9-13(10)18)19-17(22)20-16(21)11-3-5-14-15(8-11)24-7-6-23-14/h2-5,8-9H,6-7H2,1H3,(H2,19,20,21,22). The molecule has 0 aromatic heterocycles. The number of anilines is 1. The van der Waals surface area contributed by atoms with E-state index in [9.17, 15) is 9.59 Å². The summed E-state index contributed by atoms with van der Waals surface area (Å²) in [5.41, 5.74) is 1.70. The minimum absolute atomic E-state index is 0.302. The van der Waals surface area contributed by atoms with Gasteiger partial charge in [-0.1, -0.05) is 17.7 Å². The average Bonchev–Trinajstić information content (AvgIpc) is 2.57. The number of nitrogens with one attached hydrogen (secondary N) is 2. The second-order valence-electron chi connectivity index (χ2n) is 5.23. The minimum atomic E-state index is -0.644. The zero-order valence-electron chi connectivity index (χ0n) is 12.9. The number of imide groups is 1. The third-order valence-corrected chi connectivity index (χ3v) is 3.87. The number of urea groups is 1.